The monoisotopic (exact) mass is 191 g/mol. The van der Waals surface area contributed by atoms with Crippen LogP contribution in [0.1, 0.15) is 16.7 Å². The van der Waals surface area contributed by atoms with E-state index in [1.54, 1.807) is 0 Å². The zero-order valence-corrected chi connectivity index (χ0v) is 8.78. The predicted molar refractivity (Wildman–Crippen MR) is 61.1 cm³/mol. The van der Waals surface area contributed by atoms with Gasteiger partial charge in [-0.2, -0.15) is 12.6 Å². The van der Waals surface area contributed by atoms with Crippen molar-refractivity contribution in [2.24, 2.45) is 0 Å². The molecule has 0 spiro atoms. The molecule has 0 aliphatic carbocycles. The Balaban J connectivity index is 3.13. The van der Waals surface area contributed by atoms with Crippen LogP contribution in [0.3, 0.4) is 0 Å². The molecule has 0 radical (unpaired) electrons. The zero-order valence-electron chi connectivity index (χ0n) is 7.89. The number of aryl methyl sites for hydroxylation is 2. The minimum absolute atomic E-state index is 0.586. The van der Waals surface area contributed by atoms with Crippen molar-refractivity contribution < 1.29 is 0 Å². The molecule has 0 aromatic heterocycles. The Hall–Kier alpha value is -1.07. The summed E-state index contributed by atoms with van der Waals surface area (Å²) in [6.45, 7) is 3.99. The third-order valence-corrected chi connectivity index (χ3v) is 2.06. The van der Waals surface area contributed by atoms with Crippen LogP contribution in [0, 0.1) is 25.7 Å². The number of nitrogens with two attached hydrogens (primary N) is 1. The van der Waals surface area contributed by atoms with Gasteiger partial charge in [0.2, 0.25) is 0 Å². The highest BCUT2D eigenvalue weighted by atomic mass is 32.1. The molecule has 1 aromatic carbocycles. The zero-order chi connectivity index (χ0) is 9.84. The molecule has 0 amide bonds. The summed E-state index contributed by atoms with van der Waals surface area (Å²) in [5, 5.41) is 0. The molecule has 68 valence electrons. The fraction of sp³-hybridized carbons (Fsp3) is 0.273. The average Bonchev–Trinajstić information content (AvgIpc) is 2.10. The molecular weight excluding hydrogens is 178 g/mol. The number of hydrogen-bond acceptors (Lipinski definition) is 2. The number of benzene rings is 1. The van der Waals surface area contributed by atoms with E-state index < -0.39 is 0 Å². The molecule has 0 saturated heterocycles. The molecule has 0 fully saturated rings. The third-order valence-electron chi connectivity index (χ3n) is 1.91. The molecule has 0 unspecified atom stereocenters. The van der Waals surface area contributed by atoms with Crippen molar-refractivity contribution in [3.8, 4) is 11.8 Å². The quantitative estimate of drug-likeness (QED) is 0.367. The standard InChI is InChI=1S/C11H13NS/c1-8-6-10(4-3-5-13)7-9(2)11(8)12/h6-7,13H,5,12H2,1-2H3. The number of rotatable bonds is 0. The van der Waals surface area contributed by atoms with E-state index in [4.69, 9.17) is 5.73 Å². The van der Waals surface area contributed by atoms with Crippen molar-refractivity contribution in [3.63, 3.8) is 0 Å². The van der Waals surface area contributed by atoms with Gasteiger partial charge in [0, 0.05) is 11.3 Å². The first-order chi connectivity index (χ1) is 6.15. The second-order valence-electron chi connectivity index (χ2n) is 2.98. The van der Waals surface area contributed by atoms with Gasteiger partial charge in [0.1, 0.15) is 0 Å². The Kier molecular flexibility index (Phi) is 3.27. The van der Waals surface area contributed by atoms with Gasteiger partial charge in [-0.3, -0.25) is 0 Å². The number of thiol groups is 1. The van der Waals surface area contributed by atoms with Crippen molar-refractivity contribution in [3.05, 3.63) is 28.8 Å². The summed E-state index contributed by atoms with van der Waals surface area (Å²) >= 11 is 4.02. The first-order valence-electron chi connectivity index (χ1n) is 4.11. The van der Waals surface area contributed by atoms with Crippen LogP contribution in [-0.4, -0.2) is 5.75 Å². The Morgan fingerprint density at radius 2 is 1.85 bits per heavy atom. The van der Waals surface area contributed by atoms with Crippen molar-refractivity contribution in [1.82, 2.24) is 0 Å². The van der Waals surface area contributed by atoms with Crippen molar-refractivity contribution >= 4 is 18.3 Å². The van der Waals surface area contributed by atoms with Gasteiger partial charge in [0.05, 0.1) is 5.75 Å². The lowest BCUT2D eigenvalue weighted by Gasteiger charge is -2.04. The highest BCUT2D eigenvalue weighted by Gasteiger charge is 1.98. The van der Waals surface area contributed by atoms with Crippen LogP contribution in [0.4, 0.5) is 5.69 Å². The SMILES string of the molecule is Cc1cc(C#CCS)cc(C)c1N. The van der Waals surface area contributed by atoms with Crippen LogP contribution >= 0.6 is 12.6 Å². The molecule has 0 atom stereocenters. The van der Waals surface area contributed by atoms with Crippen LogP contribution < -0.4 is 5.73 Å². The Labute approximate surface area is 84.8 Å². The van der Waals surface area contributed by atoms with Gasteiger partial charge >= 0.3 is 0 Å². The molecule has 1 rings (SSSR count). The van der Waals surface area contributed by atoms with E-state index in [9.17, 15) is 0 Å². The maximum atomic E-state index is 5.82. The van der Waals surface area contributed by atoms with Gasteiger partial charge in [-0.1, -0.05) is 11.8 Å². The Morgan fingerprint density at radius 3 is 2.31 bits per heavy atom. The number of anilines is 1. The first-order valence-corrected chi connectivity index (χ1v) is 4.75. The fourth-order valence-corrected chi connectivity index (χ4v) is 1.27. The summed E-state index contributed by atoms with van der Waals surface area (Å²) in [7, 11) is 0. The summed E-state index contributed by atoms with van der Waals surface area (Å²) in [5.74, 6) is 6.52. The summed E-state index contributed by atoms with van der Waals surface area (Å²) in [6, 6.07) is 4.00. The molecule has 1 nitrogen and oxygen atoms in total. The molecule has 0 aliphatic heterocycles. The predicted octanol–water partition coefficient (Wildman–Crippen LogP) is 2.17. The molecular formula is C11H13NS. The lowest BCUT2D eigenvalue weighted by Crippen LogP contribution is -1.94. The maximum absolute atomic E-state index is 5.82. The topological polar surface area (TPSA) is 26.0 Å². The van der Waals surface area contributed by atoms with E-state index in [1.165, 1.54) is 0 Å². The van der Waals surface area contributed by atoms with E-state index in [1.807, 2.05) is 26.0 Å². The minimum atomic E-state index is 0.586. The second-order valence-corrected chi connectivity index (χ2v) is 3.30. The fourth-order valence-electron chi connectivity index (χ4n) is 1.19. The van der Waals surface area contributed by atoms with Crippen LogP contribution in [0.15, 0.2) is 12.1 Å². The lowest BCUT2D eigenvalue weighted by molar-refractivity contribution is 1.37. The molecule has 2 heteroatoms. The van der Waals surface area contributed by atoms with Crippen molar-refractivity contribution in [2.45, 2.75) is 13.8 Å². The summed E-state index contributed by atoms with van der Waals surface area (Å²) in [4.78, 5) is 0. The molecule has 0 saturated carbocycles. The van der Waals surface area contributed by atoms with Crippen molar-refractivity contribution in [2.75, 3.05) is 11.5 Å². The normalized spacial score (nSPS) is 9.15. The van der Waals surface area contributed by atoms with Gasteiger partial charge in [-0.05, 0) is 37.1 Å². The smallest absolute Gasteiger partial charge is 0.0521 e. The van der Waals surface area contributed by atoms with E-state index in [2.05, 4.69) is 24.5 Å². The summed E-state index contributed by atoms with van der Waals surface area (Å²) in [5.41, 5.74) is 9.86. The van der Waals surface area contributed by atoms with E-state index in [-0.39, 0.29) is 0 Å². The highest BCUT2D eigenvalue weighted by Crippen LogP contribution is 2.17. The minimum Gasteiger partial charge on any atom is -0.398 e. The third kappa shape index (κ3) is 2.43. The van der Waals surface area contributed by atoms with Gasteiger partial charge in [-0.15, -0.1) is 0 Å². The molecule has 0 heterocycles. The van der Waals surface area contributed by atoms with E-state index >= 15 is 0 Å². The van der Waals surface area contributed by atoms with E-state index in [0.29, 0.717) is 5.75 Å². The van der Waals surface area contributed by atoms with E-state index in [0.717, 1.165) is 22.4 Å². The van der Waals surface area contributed by atoms with Gasteiger partial charge in [0.25, 0.3) is 0 Å². The highest BCUT2D eigenvalue weighted by molar-refractivity contribution is 7.80. The first kappa shape index (κ1) is 10.0. The molecule has 1 aromatic rings. The largest absolute Gasteiger partial charge is 0.398 e. The van der Waals surface area contributed by atoms with Gasteiger partial charge in [-0.25, -0.2) is 0 Å². The molecule has 2 N–H and O–H groups in total. The maximum Gasteiger partial charge on any atom is 0.0521 e. The molecule has 0 aliphatic rings. The van der Waals surface area contributed by atoms with Crippen LogP contribution in [-0.2, 0) is 0 Å². The second kappa shape index (κ2) is 4.25. The summed E-state index contributed by atoms with van der Waals surface area (Å²) < 4.78 is 0. The molecule has 0 bridgehead atoms. The average molecular weight is 191 g/mol. The van der Waals surface area contributed by atoms with Gasteiger partial charge < -0.3 is 5.73 Å². The summed E-state index contributed by atoms with van der Waals surface area (Å²) in [6.07, 6.45) is 0. The number of nitrogen functional groups attached to an aromatic ring is 1. The Morgan fingerprint density at radius 1 is 1.31 bits per heavy atom. The van der Waals surface area contributed by atoms with Crippen LogP contribution in [0.5, 0.6) is 0 Å². The Bertz CT molecular complexity index is 348. The molecule has 13 heavy (non-hydrogen) atoms. The van der Waals surface area contributed by atoms with Crippen molar-refractivity contribution in [1.29, 1.82) is 0 Å². The van der Waals surface area contributed by atoms with Crippen LogP contribution in [0.2, 0.25) is 0 Å². The number of hydrogen-bond donors (Lipinski definition) is 2. The van der Waals surface area contributed by atoms with Gasteiger partial charge in [0.15, 0.2) is 0 Å². The van der Waals surface area contributed by atoms with Crippen LogP contribution in [0.25, 0.3) is 0 Å². The lowest BCUT2D eigenvalue weighted by atomic mass is 10.1.